The standard InChI is InChI=1S/C13H18ClNO3S/c1-18-12-6-4-11(5-7-12)13(10-2-3-10)15-19(16,17)9-8-14/h4-7,10,13,15H,2-3,8-9H2,1H3. The minimum Gasteiger partial charge on any atom is -0.497 e. The van der Waals surface area contributed by atoms with Crippen molar-refractivity contribution in [2.45, 2.75) is 18.9 Å². The Labute approximate surface area is 119 Å². The van der Waals surface area contributed by atoms with Crippen molar-refractivity contribution in [2.75, 3.05) is 18.7 Å². The van der Waals surface area contributed by atoms with Gasteiger partial charge in [-0.05, 0) is 36.5 Å². The third-order valence-electron chi connectivity index (χ3n) is 3.22. The van der Waals surface area contributed by atoms with Gasteiger partial charge in [0.2, 0.25) is 10.0 Å². The van der Waals surface area contributed by atoms with Gasteiger partial charge in [0.05, 0.1) is 12.9 Å². The van der Waals surface area contributed by atoms with E-state index < -0.39 is 10.0 Å². The van der Waals surface area contributed by atoms with Gasteiger partial charge in [-0.15, -0.1) is 11.6 Å². The Morgan fingerprint density at radius 3 is 2.47 bits per heavy atom. The maximum atomic E-state index is 11.8. The van der Waals surface area contributed by atoms with Crippen LogP contribution in [0.15, 0.2) is 24.3 Å². The summed E-state index contributed by atoms with van der Waals surface area (Å²) in [4.78, 5) is 0. The second-order valence-electron chi connectivity index (χ2n) is 4.71. The number of rotatable bonds is 7. The van der Waals surface area contributed by atoms with Crippen LogP contribution in [0.25, 0.3) is 0 Å². The van der Waals surface area contributed by atoms with Crippen LogP contribution in [0.1, 0.15) is 24.4 Å². The summed E-state index contributed by atoms with van der Waals surface area (Å²) >= 11 is 5.51. The van der Waals surface area contributed by atoms with E-state index in [1.165, 1.54) is 0 Å². The number of halogens is 1. The highest BCUT2D eigenvalue weighted by atomic mass is 35.5. The van der Waals surface area contributed by atoms with Gasteiger partial charge in [0.25, 0.3) is 0 Å². The fourth-order valence-corrected chi connectivity index (χ4v) is 3.68. The third-order valence-corrected chi connectivity index (χ3v) is 4.99. The van der Waals surface area contributed by atoms with Crippen LogP contribution < -0.4 is 9.46 Å². The first-order valence-corrected chi connectivity index (χ1v) is 8.44. The summed E-state index contributed by atoms with van der Waals surface area (Å²) in [5.41, 5.74) is 0.974. The smallest absolute Gasteiger partial charge is 0.213 e. The molecule has 0 heterocycles. The molecule has 19 heavy (non-hydrogen) atoms. The van der Waals surface area contributed by atoms with Crippen molar-refractivity contribution in [1.82, 2.24) is 4.72 Å². The normalized spacial score (nSPS) is 17.2. The largest absolute Gasteiger partial charge is 0.497 e. The molecule has 1 aromatic carbocycles. The minimum absolute atomic E-state index is 0.0477. The summed E-state index contributed by atoms with van der Waals surface area (Å²) in [7, 11) is -1.71. The summed E-state index contributed by atoms with van der Waals surface area (Å²) < 4.78 is 31.6. The fraction of sp³-hybridized carbons (Fsp3) is 0.538. The highest BCUT2D eigenvalue weighted by Crippen LogP contribution is 2.41. The Morgan fingerprint density at radius 1 is 1.37 bits per heavy atom. The number of hydrogen-bond acceptors (Lipinski definition) is 3. The third kappa shape index (κ3) is 4.09. The zero-order chi connectivity index (χ0) is 13.9. The second-order valence-corrected chi connectivity index (χ2v) is 6.97. The lowest BCUT2D eigenvalue weighted by molar-refractivity contribution is 0.414. The molecule has 0 amide bonds. The van der Waals surface area contributed by atoms with Gasteiger partial charge in [-0.25, -0.2) is 13.1 Å². The van der Waals surface area contributed by atoms with Crippen LogP contribution in [-0.4, -0.2) is 27.2 Å². The van der Waals surface area contributed by atoms with Crippen LogP contribution >= 0.6 is 11.6 Å². The molecule has 6 heteroatoms. The molecule has 1 aliphatic carbocycles. The van der Waals surface area contributed by atoms with Crippen LogP contribution in [0, 0.1) is 5.92 Å². The van der Waals surface area contributed by atoms with E-state index in [-0.39, 0.29) is 17.7 Å². The molecule has 1 saturated carbocycles. The summed E-state index contributed by atoms with van der Waals surface area (Å²) in [6.45, 7) is 0. The molecule has 0 aliphatic heterocycles. The first kappa shape index (κ1) is 14.6. The van der Waals surface area contributed by atoms with Crippen LogP contribution in [0.2, 0.25) is 0 Å². The Morgan fingerprint density at radius 2 is 2.00 bits per heavy atom. The molecule has 0 spiro atoms. The number of ether oxygens (including phenoxy) is 1. The number of methoxy groups -OCH3 is 1. The highest BCUT2D eigenvalue weighted by Gasteiger charge is 2.34. The van der Waals surface area contributed by atoms with Gasteiger partial charge in [-0.1, -0.05) is 12.1 Å². The van der Waals surface area contributed by atoms with Crippen molar-refractivity contribution in [3.8, 4) is 5.75 Å². The summed E-state index contributed by atoms with van der Waals surface area (Å²) in [6, 6.07) is 7.36. The molecular formula is C13H18ClNO3S. The maximum Gasteiger partial charge on any atom is 0.213 e. The first-order chi connectivity index (χ1) is 9.05. The van der Waals surface area contributed by atoms with E-state index in [4.69, 9.17) is 16.3 Å². The lowest BCUT2D eigenvalue weighted by atomic mass is 10.0. The highest BCUT2D eigenvalue weighted by molar-refractivity contribution is 7.89. The van der Waals surface area contributed by atoms with Gasteiger partial charge in [-0.3, -0.25) is 0 Å². The molecule has 0 radical (unpaired) electrons. The fourth-order valence-electron chi connectivity index (χ4n) is 2.03. The average Bonchev–Trinajstić information content (AvgIpc) is 3.20. The molecule has 0 bridgehead atoms. The van der Waals surface area contributed by atoms with Crippen molar-refractivity contribution in [2.24, 2.45) is 5.92 Å². The lowest BCUT2D eigenvalue weighted by Crippen LogP contribution is -2.32. The summed E-state index contributed by atoms with van der Waals surface area (Å²) in [5.74, 6) is 1.21. The Balaban J connectivity index is 2.15. The molecule has 1 fully saturated rings. The zero-order valence-electron chi connectivity index (χ0n) is 10.8. The first-order valence-electron chi connectivity index (χ1n) is 6.25. The maximum absolute atomic E-state index is 11.8. The minimum atomic E-state index is -3.31. The molecule has 0 saturated heterocycles. The van der Waals surface area contributed by atoms with Crippen molar-refractivity contribution in [3.63, 3.8) is 0 Å². The quantitative estimate of drug-likeness (QED) is 0.786. The molecule has 2 rings (SSSR count). The van der Waals surface area contributed by atoms with Crippen LogP contribution in [0.3, 0.4) is 0 Å². The molecule has 106 valence electrons. The monoisotopic (exact) mass is 303 g/mol. The van der Waals surface area contributed by atoms with E-state index >= 15 is 0 Å². The molecule has 1 N–H and O–H groups in total. The number of hydrogen-bond donors (Lipinski definition) is 1. The van der Waals surface area contributed by atoms with Crippen molar-refractivity contribution in [1.29, 1.82) is 0 Å². The van der Waals surface area contributed by atoms with Crippen LogP contribution in [0.4, 0.5) is 0 Å². The van der Waals surface area contributed by atoms with Crippen LogP contribution in [0.5, 0.6) is 5.75 Å². The predicted octanol–water partition coefficient (Wildman–Crippen LogP) is 2.30. The van der Waals surface area contributed by atoms with Crippen LogP contribution in [-0.2, 0) is 10.0 Å². The van der Waals surface area contributed by atoms with E-state index in [1.54, 1.807) is 7.11 Å². The molecule has 0 aromatic heterocycles. The van der Waals surface area contributed by atoms with Gasteiger partial charge in [-0.2, -0.15) is 0 Å². The topological polar surface area (TPSA) is 55.4 Å². The average molecular weight is 304 g/mol. The van der Waals surface area contributed by atoms with Crippen molar-refractivity contribution >= 4 is 21.6 Å². The van der Waals surface area contributed by atoms with Crippen molar-refractivity contribution in [3.05, 3.63) is 29.8 Å². The number of nitrogens with one attached hydrogen (secondary N) is 1. The van der Waals surface area contributed by atoms with Gasteiger partial charge in [0.15, 0.2) is 0 Å². The molecule has 1 unspecified atom stereocenters. The molecule has 1 aromatic rings. The summed E-state index contributed by atoms with van der Waals surface area (Å²) in [6.07, 6.45) is 2.11. The molecule has 1 aliphatic rings. The molecule has 1 atom stereocenters. The number of alkyl halides is 1. The second kappa shape index (κ2) is 6.11. The Kier molecular flexibility index (Phi) is 4.71. The van der Waals surface area contributed by atoms with Gasteiger partial charge >= 0.3 is 0 Å². The van der Waals surface area contributed by atoms with E-state index in [2.05, 4.69) is 4.72 Å². The summed E-state index contributed by atoms with van der Waals surface area (Å²) in [5, 5.41) is 0. The molecule has 4 nitrogen and oxygen atoms in total. The van der Waals surface area contributed by atoms with E-state index in [9.17, 15) is 8.42 Å². The number of sulfonamides is 1. The zero-order valence-corrected chi connectivity index (χ0v) is 12.4. The van der Waals surface area contributed by atoms with E-state index in [0.29, 0.717) is 5.92 Å². The van der Waals surface area contributed by atoms with Gasteiger partial charge < -0.3 is 4.74 Å². The van der Waals surface area contributed by atoms with Crippen molar-refractivity contribution < 1.29 is 13.2 Å². The Bertz CT molecular complexity index is 511. The predicted molar refractivity (Wildman–Crippen MR) is 76.1 cm³/mol. The van der Waals surface area contributed by atoms with Gasteiger partial charge in [0, 0.05) is 11.9 Å². The van der Waals surface area contributed by atoms with E-state index in [0.717, 1.165) is 24.2 Å². The molecular weight excluding hydrogens is 286 g/mol. The van der Waals surface area contributed by atoms with E-state index in [1.807, 2.05) is 24.3 Å². The number of benzene rings is 1. The SMILES string of the molecule is COc1ccc(C(NS(=O)(=O)CCCl)C2CC2)cc1. The van der Waals surface area contributed by atoms with Gasteiger partial charge in [0.1, 0.15) is 5.75 Å². The lowest BCUT2D eigenvalue weighted by Gasteiger charge is -2.18. The Hall–Kier alpha value is -0.780.